The number of likely N-dealkylation sites (tertiary alicyclic amines) is 1. The number of hydrogen-bond donors (Lipinski definition) is 2. The van der Waals surface area contributed by atoms with E-state index in [2.05, 4.69) is 23.9 Å². The van der Waals surface area contributed by atoms with Gasteiger partial charge in [0.25, 0.3) is 0 Å². The molecule has 1 fully saturated rings. The Morgan fingerprint density at radius 1 is 1.40 bits per heavy atom. The Morgan fingerprint density at radius 2 is 2.05 bits per heavy atom. The number of amidine groups is 1. The summed E-state index contributed by atoms with van der Waals surface area (Å²) in [5, 5.41) is 12.1. The summed E-state index contributed by atoms with van der Waals surface area (Å²) in [5.41, 5.74) is 5.84. The third-order valence-electron chi connectivity index (χ3n) is 4.02. The number of oxime groups is 1. The number of rotatable bonds is 8. The fourth-order valence-electron chi connectivity index (χ4n) is 2.41. The van der Waals surface area contributed by atoms with Crippen molar-refractivity contribution in [1.82, 2.24) is 4.90 Å². The van der Waals surface area contributed by atoms with Crippen molar-refractivity contribution in [2.45, 2.75) is 37.9 Å². The maximum absolute atomic E-state index is 8.91. The highest BCUT2D eigenvalue weighted by atomic mass is 32.2. The molecular formula is C14H29N3O2S. The molecule has 1 aliphatic heterocycles. The molecule has 1 aliphatic rings. The number of ether oxygens (including phenoxy) is 1. The van der Waals surface area contributed by atoms with Crippen LogP contribution in [-0.4, -0.2) is 59.8 Å². The van der Waals surface area contributed by atoms with Gasteiger partial charge in [-0.05, 0) is 44.5 Å². The second kappa shape index (κ2) is 8.74. The highest BCUT2D eigenvalue weighted by Gasteiger charge is 2.37. The van der Waals surface area contributed by atoms with Crippen LogP contribution in [0.15, 0.2) is 5.16 Å². The summed E-state index contributed by atoms with van der Waals surface area (Å²) >= 11 is 1.69. The monoisotopic (exact) mass is 303 g/mol. The summed E-state index contributed by atoms with van der Waals surface area (Å²) in [5.74, 6) is 1.06. The smallest absolute Gasteiger partial charge is 0.155 e. The lowest BCUT2D eigenvalue weighted by molar-refractivity contribution is 0.0884. The minimum atomic E-state index is -0.191. The van der Waals surface area contributed by atoms with Crippen LogP contribution in [0.3, 0.4) is 0 Å². The summed E-state index contributed by atoms with van der Waals surface area (Å²) < 4.78 is 5.47. The third-order valence-corrected chi connectivity index (χ3v) is 5.42. The lowest BCUT2D eigenvalue weighted by Gasteiger charge is -2.39. The molecule has 0 saturated carbocycles. The van der Waals surface area contributed by atoms with E-state index in [1.807, 2.05) is 6.26 Å². The van der Waals surface area contributed by atoms with Crippen molar-refractivity contribution in [3.05, 3.63) is 0 Å². The maximum Gasteiger partial charge on any atom is 0.155 e. The molecule has 0 aromatic heterocycles. The molecule has 118 valence electrons. The Morgan fingerprint density at radius 3 is 2.55 bits per heavy atom. The quantitative estimate of drug-likeness (QED) is 0.236. The van der Waals surface area contributed by atoms with E-state index in [0.717, 1.165) is 52.1 Å². The molecule has 0 aromatic carbocycles. The number of nitrogens with zero attached hydrogens (tertiary/aromatic N) is 2. The third kappa shape index (κ3) is 5.14. The topological polar surface area (TPSA) is 71.1 Å². The Kier molecular flexibility index (Phi) is 7.69. The van der Waals surface area contributed by atoms with E-state index in [-0.39, 0.29) is 4.75 Å². The summed E-state index contributed by atoms with van der Waals surface area (Å²) in [6, 6.07) is 0. The molecule has 0 aromatic rings. The largest absolute Gasteiger partial charge is 0.409 e. The number of piperidine rings is 1. The maximum atomic E-state index is 8.91. The van der Waals surface area contributed by atoms with Gasteiger partial charge in [0.1, 0.15) is 0 Å². The molecular weight excluding hydrogens is 274 g/mol. The molecule has 20 heavy (non-hydrogen) atoms. The van der Waals surface area contributed by atoms with Crippen LogP contribution in [0.4, 0.5) is 0 Å². The first-order chi connectivity index (χ1) is 9.54. The van der Waals surface area contributed by atoms with E-state index < -0.39 is 0 Å². The molecule has 1 saturated heterocycles. The lowest BCUT2D eigenvalue weighted by atomic mass is 9.94. The van der Waals surface area contributed by atoms with E-state index in [0.29, 0.717) is 11.8 Å². The highest BCUT2D eigenvalue weighted by Crippen LogP contribution is 2.34. The molecule has 0 bridgehead atoms. The van der Waals surface area contributed by atoms with Crippen LogP contribution in [0.1, 0.15) is 33.1 Å². The minimum absolute atomic E-state index is 0.191. The summed E-state index contributed by atoms with van der Waals surface area (Å²) in [6.45, 7) is 8.99. The van der Waals surface area contributed by atoms with Gasteiger partial charge in [0.15, 0.2) is 5.84 Å². The van der Waals surface area contributed by atoms with Crippen LogP contribution in [-0.2, 0) is 4.74 Å². The first-order valence-electron chi connectivity index (χ1n) is 7.37. The van der Waals surface area contributed by atoms with Gasteiger partial charge in [0, 0.05) is 13.2 Å². The van der Waals surface area contributed by atoms with Crippen LogP contribution < -0.4 is 5.73 Å². The van der Waals surface area contributed by atoms with E-state index >= 15 is 0 Å². The van der Waals surface area contributed by atoms with Crippen LogP contribution in [0.25, 0.3) is 0 Å². The second-order valence-corrected chi connectivity index (χ2v) is 7.01. The molecule has 0 radical (unpaired) electrons. The van der Waals surface area contributed by atoms with Crippen LogP contribution >= 0.6 is 11.8 Å². The zero-order valence-electron chi connectivity index (χ0n) is 13.0. The molecule has 0 aliphatic carbocycles. The van der Waals surface area contributed by atoms with Gasteiger partial charge in [0.05, 0.1) is 11.4 Å². The Hall–Kier alpha value is -0.460. The van der Waals surface area contributed by atoms with Crippen molar-refractivity contribution in [3.63, 3.8) is 0 Å². The van der Waals surface area contributed by atoms with Gasteiger partial charge < -0.3 is 20.6 Å². The van der Waals surface area contributed by atoms with Gasteiger partial charge in [-0.15, -0.1) is 0 Å². The number of hydrogen-bond acceptors (Lipinski definition) is 5. The van der Waals surface area contributed by atoms with E-state index in [9.17, 15) is 0 Å². The minimum Gasteiger partial charge on any atom is -0.409 e. The molecule has 6 heteroatoms. The van der Waals surface area contributed by atoms with Crippen LogP contribution in [0.2, 0.25) is 0 Å². The predicted octanol–water partition coefficient (Wildman–Crippen LogP) is 1.99. The predicted molar refractivity (Wildman–Crippen MR) is 85.6 cm³/mol. The van der Waals surface area contributed by atoms with Gasteiger partial charge in [-0.25, -0.2) is 0 Å². The van der Waals surface area contributed by atoms with Gasteiger partial charge in [0.2, 0.25) is 0 Å². The zero-order valence-corrected chi connectivity index (χ0v) is 13.8. The van der Waals surface area contributed by atoms with Crippen LogP contribution in [0.5, 0.6) is 0 Å². The summed E-state index contributed by atoms with van der Waals surface area (Å²) in [4.78, 5) is 2.40. The van der Waals surface area contributed by atoms with Crippen molar-refractivity contribution >= 4 is 17.6 Å². The average Bonchev–Trinajstić information content (AvgIpc) is 2.46. The fourth-order valence-corrected chi connectivity index (χ4v) is 3.25. The normalized spacial score (nSPS) is 20.5. The van der Waals surface area contributed by atoms with E-state index in [4.69, 9.17) is 15.7 Å². The van der Waals surface area contributed by atoms with Gasteiger partial charge >= 0.3 is 0 Å². The van der Waals surface area contributed by atoms with Crippen molar-refractivity contribution in [2.24, 2.45) is 16.8 Å². The zero-order chi connectivity index (χ0) is 15.0. The Bertz CT molecular complexity index is 303. The molecule has 0 spiro atoms. The second-order valence-electron chi connectivity index (χ2n) is 5.82. The first-order valence-corrected chi connectivity index (χ1v) is 8.60. The first kappa shape index (κ1) is 17.6. The molecule has 1 heterocycles. The molecule has 0 unspecified atom stereocenters. The summed E-state index contributed by atoms with van der Waals surface area (Å²) in [6.07, 6.45) is 5.01. The van der Waals surface area contributed by atoms with E-state index in [1.54, 1.807) is 11.8 Å². The lowest BCUT2D eigenvalue weighted by Crippen LogP contribution is -2.50. The number of nitrogens with two attached hydrogens (primary N) is 1. The fraction of sp³-hybridized carbons (Fsp3) is 0.929. The Labute approximate surface area is 126 Å². The molecule has 1 rings (SSSR count). The molecule has 3 N–H and O–H groups in total. The molecule has 5 nitrogen and oxygen atoms in total. The highest BCUT2D eigenvalue weighted by molar-refractivity contribution is 8.00. The SMILES string of the molecule is CSC1(C(N)=NO)CCN(CCOCCC(C)C)CC1. The Balaban J connectivity index is 2.25. The molecule has 0 atom stereocenters. The average molecular weight is 303 g/mol. The van der Waals surface area contributed by atoms with Crippen molar-refractivity contribution < 1.29 is 9.94 Å². The molecule has 0 amide bonds. The van der Waals surface area contributed by atoms with Crippen LogP contribution in [0, 0.1) is 5.92 Å². The van der Waals surface area contributed by atoms with Crippen molar-refractivity contribution in [1.29, 1.82) is 0 Å². The van der Waals surface area contributed by atoms with E-state index in [1.165, 1.54) is 0 Å². The van der Waals surface area contributed by atoms with Gasteiger partial charge in [-0.3, -0.25) is 0 Å². The van der Waals surface area contributed by atoms with Crippen molar-refractivity contribution in [2.75, 3.05) is 39.1 Å². The van der Waals surface area contributed by atoms with Gasteiger partial charge in [-0.2, -0.15) is 11.8 Å². The standard InChI is InChI=1S/C14H29N3O2S/c1-12(2)4-10-19-11-9-17-7-5-14(20-3,6-8-17)13(15)16-18/h12,18H,4-11H2,1-3H3,(H2,15,16). The van der Waals surface area contributed by atoms with Crippen molar-refractivity contribution in [3.8, 4) is 0 Å². The number of thioether (sulfide) groups is 1. The van der Waals surface area contributed by atoms with Gasteiger partial charge in [-0.1, -0.05) is 19.0 Å². The summed E-state index contributed by atoms with van der Waals surface area (Å²) in [7, 11) is 0.